The number of hydrogen-bond donors (Lipinski definition) is 26. The van der Waals surface area contributed by atoms with E-state index in [2.05, 4.69) is 78.4 Å². The van der Waals surface area contributed by atoms with Crippen LogP contribution in [0.5, 0.6) is 0 Å². The molecule has 1 fully saturated rings. The predicted octanol–water partition coefficient (Wildman–Crippen LogP) is -11.5. The highest BCUT2D eigenvalue weighted by Crippen LogP contribution is 2.22. The summed E-state index contributed by atoms with van der Waals surface area (Å²) in [6, 6.07) is -12.1. The number of aromatic amines is 1. The van der Waals surface area contributed by atoms with Crippen molar-refractivity contribution < 1.29 is 87.2 Å². The SMILES string of the molecule is C[C@@H](O)[C@H](NC(=O)[C@H](CCCN=C(N)N)NC(=O)[C@H](CCCNC(N)=O)NC(=O)[C@H](CC(N)=O)NC(=O)[C@H](CO)NC(=O)[C@H](CCCCN)NC(=O)CNC(=O)[C@@H](N)CCCN=C(N)N)C(=O)N1CCC[C@H]1C(=O)N[C@@H](CC(N)=O)C(=O)N[C@@H](CCCN=C(N)N)C(=O)N[C@@H](Cc1c[nH]c2ccccc12)C(=O)O. The number of carboxylic acid groups (broad SMARTS) is 1. The number of carbonyl (C=O) groups excluding carboxylic acids is 14. The standard InChI is InChI=1S/C63H105N27O18/c1-31(92)48(58(105)90-24-10-18-44(90)57(104)86-41(27-46(67)94)55(102)84-38(15-7-21-76-61(70)71)52(99)87-42(59(106)107)25-32-28-79-35-13-3-2-11-33(32)35)89-53(100)39(16-8-22-77-62(72)73)82-51(98)37(17-9-23-78-63(74)108)83-54(101)40(26-45(66)93)85-56(103)43(30-91)88-50(97)36(14-4-5-19-64)81-47(95)29-80-49(96)34(65)12-6-20-75-60(68)69/h2-3,11,13,28,31,34,36-44,48,79,91-92H,4-10,12,14-27,29-30,64-65H2,1H3,(H2,66,93)(H2,67,94)(H,80,96)(H,81,95)(H,82,98)(H,83,101)(H,84,102)(H,85,103)(H,86,104)(H,87,99)(H,88,97)(H,89,100)(H,106,107)(H4,68,69,75)(H4,70,71,76)(H4,72,73,77)(H3,74,78,108)/t31-,34+,36+,37+,38+,39+,40+,41+,42+,43+,44+,48+/m1/s1. The number of primary amides is 3. The van der Waals surface area contributed by atoms with E-state index in [4.69, 9.17) is 63.1 Å². The summed E-state index contributed by atoms with van der Waals surface area (Å²) in [5.74, 6) is -16.3. The van der Waals surface area contributed by atoms with Gasteiger partial charge in [0.15, 0.2) is 17.9 Å². The molecule has 0 radical (unpaired) electrons. The Morgan fingerprint density at radius 3 is 1.50 bits per heavy atom. The number of para-hydroxylation sites is 1. The summed E-state index contributed by atoms with van der Waals surface area (Å²) in [7, 11) is 0. The van der Waals surface area contributed by atoms with Crippen molar-refractivity contribution in [1.29, 1.82) is 0 Å². The summed E-state index contributed by atoms with van der Waals surface area (Å²) in [6.07, 6.45) is -2.31. The number of nitrogens with two attached hydrogens (primary N) is 11. The van der Waals surface area contributed by atoms with Gasteiger partial charge >= 0.3 is 12.0 Å². The van der Waals surface area contributed by atoms with Crippen molar-refractivity contribution in [3.05, 3.63) is 36.0 Å². The molecule has 108 heavy (non-hydrogen) atoms. The van der Waals surface area contributed by atoms with E-state index in [0.717, 1.165) is 11.8 Å². The van der Waals surface area contributed by atoms with E-state index in [1.54, 1.807) is 30.5 Å². The largest absolute Gasteiger partial charge is 0.480 e. The van der Waals surface area contributed by atoms with Gasteiger partial charge in [0.1, 0.15) is 60.4 Å². The maximum atomic E-state index is 14.6. The molecule has 1 aliphatic heterocycles. The third kappa shape index (κ3) is 32.7. The quantitative estimate of drug-likeness (QED) is 0.0166. The monoisotopic (exact) mass is 1530 g/mol. The number of rotatable bonds is 50. The number of carbonyl (C=O) groups is 15. The fourth-order valence-corrected chi connectivity index (χ4v) is 11.0. The lowest BCUT2D eigenvalue weighted by Gasteiger charge is -2.32. The summed E-state index contributed by atoms with van der Waals surface area (Å²) in [6.45, 7) is -0.928. The van der Waals surface area contributed by atoms with Gasteiger partial charge in [-0.25, -0.2) is 9.59 Å². The number of carboxylic acids is 1. The summed E-state index contributed by atoms with van der Waals surface area (Å²) in [5.41, 5.74) is 61.7. The van der Waals surface area contributed by atoms with Crippen molar-refractivity contribution >= 4 is 118 Å². The van der Waals surface area contributed by atoms with Gasteiger partial charge in [0.25, 0.3) is 0 Å². The zero-order valence-corrected chi connectivity index (χ0v) is 59.9. The third-order valence-electron chi connectivity index (χ3n) is 16.6. The Morgan fingerprint density at radius 2 is 1.00 bits per heavy atom. The Bertz CT molecular complexity index is 3520. The second-order valence-corrected chi connectivity index (χ2v) is 25.3. The summed E-state index contributed by atoms with van der Waals surface area (Å²) in [4.78, 5) is 218. The van der Waals surface area contributed by atoms with Crippen LogP contribution in [0.3, 0.4) is 0 Å². The number of nitrogens with one attached hydrogen (secondary N) is 12. The van der Waals surface area contributed by atoms with Crippen molar-refractivity contribution in [3.8, 4) is 0 Å². The van der Waals surface area contributed by atoms with Crippen LogP contribution in [0.2, 0.25) is 0 Å². The number of unbranched alkanes of at least 4 members (excludes halogenated alkanes) is 1. The number of hydrogen-bond acceptors (Lipinski definition) is 22. The average molecular weight is 1530 g/mol. The zero-order valence-electron chi connectivity index (χ0n) is 59.9. The molecule has 1 aliphatic rings. The summed E-state index contributed by atoms with van der Waals surface area (Å²) in [5, 5.41) is 58.5. The van der Waals surface area contributed by atoms with Crippen LogP contribution in [0.4, 0.5) is 4.79 Å². The molecule has 0 bridgehead atoms. The highest BCUT2D eigenvalue weighted by atomic mass is 16.4. The Labute approximate surface area is 619 Å². The number of aromatic nitrogens is 1. The van der Waals surface area contributed by atoms with Crippen molar-refractivity contribution in [2.45, 2.75) is 182 Å². The van der Waals surface area contributed by atoms with Crippen LogP contribution in [0, 0.1) is 0 Å². The molecule has 0 aliphatic carbocycles. The van der Waals surface area contributed by atoms with Gasteiger partial charge in [-0.05, 0) is 109 Å². The lowest BCUT2D eigenvalue weighted by Crippen LogP contribution is -2.62. The van der Waals surface area contributed by atoms with Crippen molar-refractivity contribution in [2.24, 2.45) is 78.0 Å². The average Bonchev–Trinajstić information content (AvgIpc) is 1.73. The molecule has 1 saturated heterocycles. The molecule has 12 atom stereocenters. The van der Waals surface area contributed by atoms with Crippen LogP contribution in [0.15, 0.2) is 45.4 Å². The number of guanidine groups is 3. The first-order valence-corrected chi connectivity index (χ1v) is 34.7. The minimum absolute atomic E-state index is 0.0380. The highest BCUT2D eigenvalue weighted by Gasteiger charge is 2.42. The number of benzene rings is 1. The van der Waals surface area contributed by atoms with Gasteiger partial charge in [0.2, 0.25) is 76.8 Å². The molecule has 1 aromatic heterocycles. The van der Waals surface area contributed by atoms with Crippen molar-refractivity contribution in [1.82, 2.24) is 68.4 Å². The van der Waals surface area contributed by atoms with E-state index in [1.165, 1.54) is 0 Å². The van der Waals surface area contributed by atoms with E-state index in [1.807, 2.05) is 0 Å². The second-order valence-electron chi connectivity index (χ2n) is 25.3. The molecule has 2 aromatic rings. The van der Waals surface area contributed by atoms with Crippen LogP contribution < -0.4 is 122 Å². The predicted molar refractivity (Wildman–Crippen MR) is 389 cm³/mol. The molecule has 45 nitrogen and oxygen atoms in total. The van der Waals surface area contributed by atoms with E-state index >= 15 is 0 Å². The van der Waals surface area contributed by atoms with Gasteiger partial charge in [-0.2, -0.15) is 0 Å². The van der Waals surface area contributed by atoms with Gasteiger partial charge in [0, 0.05) is 56.2 Å². The lowest BCUT2D eigenvalue weighted by molar-refractivity contribution is -0.145. The Balaban J connectivity index is 1.90. The number of aliphatic imine (C=N–C) groups is 3. The molecule has 45 heteroatoms. The minimum Gasteiger partial charge on any atom is -0.480 e. The molecule has 0 saturated carbocycles. The molecule has 3 rings (SSSR count). The van der Waals surface area contributed by atoms with Crippen LogP contribution >= 0.6 is 0 Å². The third-order valence-corrected chi connectivity index (χ3v) is 16.6. The molecule has 600 valence electrons. The second kappa shape index (κ2) is 47.0. The Hall–Kier alpha value is -11.7. The van der Waals surface area contributed by atoms with Gasteiger partial charge in [-0.15, -0.1) is 0 Å². The van der Waals surface area contributed by atoms with Gasteiger partial charge in [0.05, 0.1) is 38.1 Å². The molecular formula is C63H105N27O18. The van der Waals surface area contributed by atoms with Crippen LogP contribution in [-0.2, 0) is 73.5 Å². The molecule has 1 aromatic carbocycles. The Kier molecular flexibility index (Phi) is 39.3. The smallest absolute Gasteiger partial charge is 0.326 e. The van der Waals surface area contributed by atoms with E-state index in [9.17, 15) is 87.2 Å². The molecular weight excluding hydrogens is 1420 g/mol. The van der Waals surface area contributed by atoms with E-state index < -0.39 is 194 Å². The Morgan fingerprint density at radius 1 is 0.546 bits per heavy atom. The van der Waals surface area contributed by atoms with E-state index in [-0.39, 0.29) is 128 Å². The number of urea groups is 1. The number of fused-ring (bicyclic) bond motifs is 1. The molecule has 0 spiro atoms. The fraction of sp³-hybridized carbons (Fsp3) is 0.587. The maximum absolute atomic E-state index is 14.6. The highest BCUT2D eigenvalue weighted by molar-refractivity contribution is 6.01. The number of amides is 15. The number of likely N-dealkylation sites (tertiary alicyclic amines) is 1. The van der Waals surface area contributed by atoms with Crippen molar-refractivity contribution in [2.75, 3.05) is 52.4 Å². The van der Waals surface area contributed by atoms with Gasteiger partial charge in [-0.1, -0.05) is 18.2 Å². The number of aliphatic hydroxyl groups is 2. The summed E-state index contributed by atoms with van der Waals surface area (Å²) >= 11 is 0. The zero-order chi connectivity index (χ0) is 80.7. The van der Waals surface area contributed by atoms with Crippen LogP contribution in [0.25, 0.3) is 10.9 Å². The maximum Gasteiger partial charge on any atom is 0.326 e. The molecule has 0 unspecified atom stereocenters. The number of nitrogens with zero attached hydrogens (tertiary/aromatic N) is 4. The number of aliphatic carboxylic acids is 1. The molecule has 15 amide bonds. The normalized spacial score (nSPS) is 15.4. The van der Waals surface area contributed by atoms with E-state index in [0.29, 0.717) is 29.3 Å². The van der Waals surface area contributed by atoms with Crippen LogP contribution in [0.1, 0.15) is 109 Å². The number of H-pyrrole nitrogens is 1. The van der Waals surface area contributed by atoms with Crippen molar-refractivity contribution in [3.63, 3.8) is 0 Å². The summed E-state index contributed by atoms with van der Waals surface area (Å²) < 4.78 is 0. The van der Waals surface area contributed by atoms with Gasteiger partial charge < -0.3 is 147 Å². The first-order valence-electron chi connectivity index (χ1n) is 34.7. The lowest BCUT2D eigenvalue weighted by atomic mass is 10.0. The van der Waals surface area contributed by atoms with Crippen LogP contribution in [-0.4, -0.2) is 257 Å². The first kappa shape index (κ1) is 90.5. The number of aliphatic hydroxyl groups excluding tert-OH is 2. The molecule has 37 N–H and O–H groups in total. The molecule has 2 heterocycles. The topological polar surface area (TPSA) is 791 Å². The fourth-order valence-electron chi connectivity index (χ4n) is 11.0. The van der Waals surface area contributed by atoms with Gasteiger partial charge in [-0.3, -0.25) is 77.3 Å². The minimum atomic E-state index is -1.98. The first-order chi connectivity index (χ1) is 51.1.